The number of piperidine rings is 1. The number of anilines is 1. The summed E-state index contributed by atoms with van der Waals surface area (Å²) in [5.41, 5.74) is -0.379. The van der Waals surface area contributed by atoms with E-state index in [0.717, 1.165) is 0 Å². The zero-order valence-electron chi connectivity index (χ0n) is 14.5. The molecule has 1 fully saturated rings. The Morgan fingerprint density at radius 2 is 1.74 bits per heavy atom. The lowest BCUT2D eigenvalue weighted by atomic mass is 10.0. The van der Waals surface area contributed by atoms with E-state index in [4.69, 9.17) is 23.2 Å². The first-order valence-corrected chi connectivity index (χ1v) is 9.22. The van der Waals surface area contributed by atoms with Crippen LogP contribution in [0.3, 0.4) is 0 Å². The maximum absolute atomic E-state index is 12.7. The van der Waals surface area contributed by atoms with Crippen LogP contribution in [-0.2, 0) is 7.05 Å². The van der Waals surface area contributed by atoms with Gasteiger partial charge in [-0.3, -0.25) is 14.2 Å². The van der Waals surface area contributed by atoms with Crippen molar-refractivity contribution in [3.05, 3.63) is 55.4 Å². The van der Waals surface area contributed by atoms with Crippen molar-refractivity contribution in [2.75, 3.05) is 18.0 Å². The van der Waals surface area contributed by atoms with Crippen molar-refractivity contribution in [2.24, 2.45) is 7.05 Å². The van der Waals surface area contributed by atoms with Crippen LogP contribution in [-0.4, -0.2) is 37.2 Å². The number of hydrogen-bond acceptors (Lipinski definition) is 6. The van der Waals surface area contributed by atoms with Crippen molar-refractivity contribution in [3.63, 3.8) is 0 Å². The van der Waals surface area contributed by atoms with Crippen molar-refractivity contribution in [1.29, 1.82) is 0 Å². The van der Waals surface area contributed by atoms with E-state index in [1.807, 2.05) is 0 Å². The molecule has 140 valence electrons. The Bertz CT molecular complexity index is 1120. The second-order valence-corrected chi connectivity index (χ2v) is 7.18. The molecule has 0 amide bonds. The topological polar surface area (TPSA) is 85.9 Å². The third kappa shape index (κ3) is 3.08. The molecule has 0 spiro atoms. The fourth-order valence-electron chi connectivity index (χ4n) is 3.44. The van der Waals surface area contributed by atoms with Crippen LogP contribution in [0.5, 0.6) is 0 Å². The number of fused-ring (bicyclic) bond motifs is 1. The van der Waals surface area contributed by atoms with Crippen molar-refractivity contribution in [2.45, 2.75) is 18.9 Å². The molecule has 0 aromatic carbocycles. The van der Waals surface area contributed by atoms with Gasteiger partial charge < -0.3 is 9.47 Å². The first-order valence-electron chi connectivity index (χ1n) is 8.46. The monoisotopic (exact) mass is 406 g/mol. The molecule has 10 heteroatoms. The molecule has 1 aliphatic rings. The normalized spacial score (nSPS) is 15.4. The lowest BCUT2D eigenvalue weighted by Crippen LogP contribution is -2.45. The van der Waals surface area contributed by atoms with Crippen LogP contribution >= 0.6 is 23.2 Å². The molecule has 0 N–H and O–H groups in total. The Kier molecular flexibility index (Phi) is 4.61. The smallest absolute Gasteiger partial charge is 0.318 e. The predicted molar refractivity (Wildman–Crippen MR) is 104 cm³/mol. The van der Waals surface area contributed by atoms with Crippen LogP contribution in [0.25, 0.3) is 11.2 Å². The van der Waals surface area contributed by atoms with E-state index in [1.165, 1.54) is 16.2 Å². The second kappa shape index (κ2) is 6.94. The minimum Gasteiger partial charge on any atom is -0.341 e. The molecule has 0 radical (unpaired) electrons. The summed E-state index contributed by atoms with van der Waals surface area (Å²) >= 11 is 12.1. The van der Waals surface area contributed by atoms with E-state index in [0.29, 0.717) is 43.0 Å². The Labute approximate surface area is 164 Å². The van der Waals surface area contributed by atoms with Crippen molar-refractivity contribution in [3.8, 4) is 0 Å². The Hall–Kier alpha value is -2.45. The number of hydrogen-bond donors (Lipinski definition) is 0. The lowest BCUT2D eigenvalue weighted by molar-refractivity contribution is 0.389. The average Bonchev–Trinajstić information content (AvgIpc) is 2.69. The molecule has 27 heavy (non-hydrogen) atoms. The molecule has 0 atom stereocenters. The largest absolute Gasteiger partial charge is 0.341 e. The third-order valence-corrected chi connectivity index (χ3v) is 5.53. The maximum atomic E-state index is 12.7. The van der Waals surface area contributed by atoms with Gasteiger partial charge in [0.15, 0.2) is 5.65 Å². The Morgan fingerprint density at radius 1 is 1.07 bits per heavy atom. The standard InChI is InChI=1S/C17H16Cl2N6O2/c1-23-12-9-11(18)13(19)22-14(12)25(16(27)15(23)26)10-3-7-24(8-4-10)17-20-5-2-6-21-17/h2,5-6,9-10H,3-4,7-8H2,1H3. The summed E-state index contributed by atoms with van der Waals surface area (Å²) in [4.78, 5) is 40.0. The van der Waals surface area contributed by atoms with E-state index in [9.17, 15) is 9.59 Å². The molecule has 0 unspecified atom stereocenters. The van der Waals surface area contributed by atoms with Gasteiger partial charge in [-0.25, -0.2) is 15.0 Å². The summed E-state index contributed by atoms with van der Waals surface area (Å²) in [7, 11) is 1.53. The molecular formula is C17H16Cl2N6O2. The fraction of sp³-hybridized carbons (Fsp3) is 0.353. The van der Waals surface area contributed by atoms with Crippen molar-refractivity contribution < 1.29 is 0 Å². The van der Waals surface area contributed by atoms with E-state index in [1.54, 1.807) is 24.5 Å². The summed E-state index contributed by atoms with van der Waals surface area (Å²) in [5, 5.41) is 0.339. The van der Waals surface area contributed by atoms with Crippen LogP contribution in [0.15, 0.2) is 34.1 Å². The molecular weight excluding hydrogens is 391 g/mol. The van der Waals surface area contributed by atoms with E-state index < -0.39 is 11.1 Å². The van der Waals surface area contributed by atoms with Crippen LogP contribution in [0.2, 0.25) is 10.2 Å². The molecule has 1 aliphatic heterocycles. The van der Waals surface area contributed by atoms with Crippen molar-refractivity contribution >= 4 is 40.3 Å². The number of pyridine rings is 1. The fourth-order valence-corrected chi connectivity index (χ4v) is 3.72. The van der Waals surface area contributed by atoms with Gasteiger partial charge in [0.2, 0.25) is 5.95 Å². The number of nitrogens with zero attached hydrogens (tertiary/aromatic N) is 6. The van der Waals surface area contributed by atoms with Crippen LogP contribution in [0, 0.1) is 0 Å². The van der Waals surface area contributed by atoms with Gasteiger partial charge in [0.1, 0.15) is 5.15 Å². The van der Waals surface area contributed by atoms with Gasteiger partial charge in [-0.05, 0) is 25.0 Å². The maximum Gasteiger partial charge on any atom is 0.318 e. The quantitative estimate of drug-likeness (QED) is 0.478. The van der Waals surface area contributed by atoms with Gasteiger partial charge in [-0.2, -0.15) is 0 Å². The van der Waals surface area contributed by atoms with Crippen molar-refractivity contribution in [1.82, 2.24) is 24.1 Å². The van der Waals surface area contributed by atoms with Gasteiger partial charge in [0.25, 0.3) is 0 Å². The third-order valence-electron chi connectivity index (χ3n) is 4.85. The van der Waals surface area contributed by atoms with Crippen LogP contribution in [0.1, 0.15) is 18.9 Å². The minimum atomic E-state index is -0.614. The highest BCUT2D eigenvalue weighted by molar-refractivity contribution is 6.41. The molecule has 3 aromatic heterocycles. The predicted octanol–water partition coefficient (Wildman–Crippen LogP) is 2.03. The van der Waals surface area contributed by atoms with Gasteiger partial charge >= 0.3 is 11.1 Å². The molecule has 4 rings (SSSR count). The zero-order valence-corrected chi connectivity index (χ0v) is 16.0. The van der Waals surface area contributed by atoms with Crippen LogP contribution < -0.4 is 16.0 Å². The zero-order chi connectivity index (χ0) is 19.1. The molecule has 1 saturated heterocycles. The minimum absolute atomic E-state index is 0.103. The molecule has 0 saturated carbocycles. The number of rotatable bonds is 2. The van der Waals surface area contributed by atoms with E-state index in [2.05, 4.69) is 19.9 Å². The highest BCUT2D eigenvalue weighted by Gasteiger charge is 2.26. The molecule has 4 heterocycles. The van der Waals surface area contributed by atoms with E-state index in [-0.39, 0.29) is 16.2 Å². The van der Waals surface area contributed by atoms with E-state index >= 15 is 0 Å². The number of aromatic nitrogens is 5. The van der Waals surface area contributed by atoms with Crippen LogP contribution in [0.4, 0.5) is 5.95 Å². The summed E-state index contributed by atoms with van der Waals surface area (Å²) < 4.78 is 2.72. The Morgan fingerprint density at radius 3 is 2.41 bits per heavy atom. The number of aryl methyl sites for hydroxylation is 1. The summed E-state index contributed by atoms with van der Waals surface area (Å²) in [5.74, 6) is 0.657. The van der Waals surface area contributed by atoms with Gasteiger partial charge in [0, 0.05) is 38.6 Å². The first-order chi connectivity index (χ1) is 13.0. The van der Waals surface area contributed by atoms with Gasteiger partial charge in [0.05, 0.1) is 10.5 Å². The molecule has 8 nitrogen and oxygen atoms in total. The summed E-state index contributed by atoms with van der Waals surface area (Å²) in [6, 6.07) is 3.16. The Balaban J connectivity index is 1.75. The highest BCUT2D eigenvalue weighted by atomic mass is 35.5. The SMILES string of the molecule is Cn1c(=O)c(=O)n(C2CCN(c3ncccn3)CC2)c2nc(Cl)c(Cl)cc21. The second-order valence-electron chi connectivity index (χ2n) is 6.41. The molecule has 3 aromatic rings. The number of halogens is 2. The summed E-state index contributed by atoms with van der Waals surface area (Å²) in [6.45, 7) is 1.33. The van der Waals surface area contributed by atoms with Gasteiger partial charge in [-0.15, -0.1) is 0 Å². The summed E-state index contributed by atoms with van der Waals surface area (Å²) in [6.07, 6.45) is 4.71. The molecule has 0 aliphatic carbocycles. The average molecular weight is 407 g/mol. The first kappa shape index (κ1) is 17.9. The lowest BCUT2D eigenvalue weighted by Gasteiger charge is -2.33. The highest BCUT2D eigenvalue weighted by Crippen LogP contribution is 2.28. The molecule has 0 bridgehead atoms. The van der Waals surface area contributed by atoms with Gasteiger partial charge in [-0.1, -0.05) is 23.2 Å².